The largest absolute Gasteiger partial charge is 0.493 e. The molecule has 0 aliphatic heterocycles. The molecular weight excluding hydrogens is 543 g/mol. The van der Waals surface area contributed by atoms with Gasteiger partial charge >= 0.3 is 0 Å². The number of nitrogens with zero attached hydrogens (tertiary/aromatic N) is 1. The zero-order valence-electron chi connectivity index (χ0n) is 18.4. The Bertz CT molecular complexity index is 1260. The summed E-state index contributed by atoms with van der Waals surface area (Å²) >= 11 is 2.08. The van der Waals surface area contributed by atoms with Crippen LogP contribution in [0.15, 0.2) is 72.3 Å². The number of anilines is 1. The molecule has 7 heteroatoms. The number of rotatable bonds is 9. The number of ether oxygens (including phenoxy) is 3. The summed E-state index contributed by atoms with van der Waals surface area (Å²) in [6.07, 6.45) is 6.75. The summed E-state index contributed by atoms with van der Waals surface area (Å²) in [5.41, 5.74) is 2.17. The average molecular weight is 564 g/mol. The zero-order chi connectivity index (χ0) is 24.3. The number of carbonyl (C=O) groups excluding carboxylic acids is 1. The standard InChI is InChI=1S/C27H21IN2O4/c1-3-13-33-26-24(28)15-20(16-25(26)32-2)14-21(17-29)27(31)30-22-9-11-23(12-10-22)34-18-19-7-5-4-6-8-19/h1,4-12,14-16H,13,18H2,2H3,(H,30,31)/b21-14+. The van der Waals surface area contributed by atoms with Gasteiger partial charge in [0.05, 0.1) is 10.7 Å². The molecule has 0 heterocycles. The smallest absolute Gasteiger partial charge is 0.266 e. The Morgan fingerprint density at radius 3 is 2.50 bits per heavy atom. The predicted octanol–water partition coefficient (Wildman–Crippen LogP) is 5.44. The van der Waals surface area contributed by atoms with Crippen molar-refractivity contribution in [3.05, 3.63) is 87.0 Å². The van der Waals surface area contributed by atoms with E-state index in [4.69, 9.17) is 20.6 Å². The highest BCUT2D eigenvalue weighted by Crippen LogP contribution is 2.34. The number of amides is 1. The maximum absolute atomic E-state index is 12.7. The van der Waals surface area contributed by atoms with Gasteiger partial charge in [-0.1, -0.05) is 36.3 Å². The Balaban J connectivity index is 1.69. The van der Waals surface area contributed by atoms with Gasteiger partial charge < -0.3 is 19.5 Å². The van der Waals surface area contributed by atoms with Crippen LogP contribution in [0.3, 0.4) is 0 Å². The van der Waals surface area contributed by atoms with E-state index >= 15 is 0 Å². The molecular formula is C27H21IN2O4. The number of hydrogen-bond acceptors (Lipinski definition) is 5. The zero-order valence-corrected chi connectivity index (χ0v) is 20.5. The molecule has 3 aromatic carbocycles. The Labute approximate surface area is 212 Å². The Kier molecular flexibility index (Phi) is 8.96. The molecule has 6 nitrogen and oxygen atoms in total. The first-order valence-electron chi connectivity index (χ1n) is 10.2. The van der Waals surface area contributed by atoms with E-state index in [-0.39, 0.29) is 12.2 Å². The number of methoxy groups -OCH3 is 1. The lowest BCUT2D eigenvalue weighted by Crippen LogP contribution is -2.13. The molecule has 0 fully saturated rings. The molecule has 0 aliphatic carbocycles. The van der Waals surface area contributed by atoms with E-state index in [9.17, 15) is 10.1 Å². The molecule has 170 valence electrons. The topological polar surface area (TPSA) is 80.6 Å². The first-order chi connectivity index (χ1) is 16.5. The van der Waals surface area contributed by atoms with Crippen LogP contribution < -0.4 is 19.5 Å². The molecule has 0 bridgehead atoms. The average Bonchev–Trinajstić information content (AvgIpc) is 2.86. The van der Waals surface area contributed by atoms with Crippen molar-refractivity contribution in [3.8, 4) is 35.7 Å². The van der Waals surface area contributed by atoms with Gasteiger partial charge in [-0.15, -0.1) is 6.42 Å². The second-order valence-corrected chi connectivity index (χ2v) is 8.11. The van der Waals surface area contributed by atoms with E-state index < -0.39 is 5.91 Å². The number of carbonyl (C=O) groups is 1. The molecule has 0 spiro atoms. The summed E-state index contributed by atoms with van der Waals surface area (Å²) < 4.78 is 17.4. The van der Waals surface area contributed by atoms with Gasteiger partial charge in [0, 0.05) is 5.69 Å². The lowest BCUT2D eigenvalue weighted by atomic mass is 10.1. The first kappa shape index (κ1) is 24.7. The number of benzene rings is 3. The van der Waals surface area contributed by atoms with Crippen molar-refractivity contribution in [2.45, 2.75) is 6.61 Å². The van der Waals surface area contributed by atoms with Crippen molar-refractivity contribution in [1.29, 1.82) is 5.26 Å². The van der Waals surface area contributed by atoms with Crippen molar-refractivity contribution in [2.24, 2.45) is 0 Å². The molecule has 0 saturated carbocycles. The summed E-state index contributed by atoms with van der Waals surface area (Å²) in [6, 6.07) is 22.2. The van der Waals surface area contributed by atoms with Crippen LogP contribution in [0.4, 0.5) is 5.69 Å². The van der Waals surface area contributed by atoms with Crippen LogP contribution in [-0.2, 0) is 11.4 Å². The lowest BCUT2D eigenvalue weighted by molar-refractivity contribution is -0.112. The van der Waals surface area contributed by atoms with Gasteiger partial charge in [-0.2, -0.15) is 5.26 Å². The van der Waals surface area contributed by atoms with Gasteiger partial charge in [0.15, 0.2) is 11.5 Å². The van der Waals surface area contributed by atoms with Crippen molar-refractivity contribution in [2.75, 3.05) is 19.0 Å². The highest BCUT2D eigenvalue weighted by molar-refractivity contribution is 14.1. The molecule has 0 aliphatic rings. The van der Waals surface area contributed by atoms with Crippen molar-refractivity contribution < 1.29 is 19.0 Å². The fraction of sp³-hybridized carbons (Fsp3) is 0.111. The number of nitrogens with one attached hydrogen (secondary N) is 1. The van der Waals surface area contributed by atoms with Crippen molar-refractivity contribution in [3.63, 3.8) is 0 Å². The molecule has 1 N–H and O–H groups in total. The van der Waals surface area contributed by atoms with Crippen LogP contribution in [0.25, 0.3) is 6.08 Å². The van der Waals surface area contributed by atoms with Gasteiger partial charge in [-0.05, 0) is 76.2 Å². The van der Waals surface area contributed by atoms with Gasteiger partial charge in [-0.3, -0.25) is 4.79 Å². The normalized spacial score (nSPS) is 10.5. The minimum Gasteiger partial charge on any atom is -0.493 e. The molecule has 3 aromatic rings. The van der Waals surface area contributed by atoms with E-state index in [1.54, 1.807) is 36.4 Å². The van der Waals surface area contributed by atoms with E-state index in [0.717, 1.165) is 9.13 Å². The SMILES string of the molecule is C#CCOc1c(I)cc(/C=C(\C#N)C(=O)Nc2ccc(OCc3ccccc3)cc2)cc1OC. The fourth-order valence-corrected chi connectivity index (χ4v) is 3.75. The third kappa shape index (κ3) is 6.77. The molecule has 0 atom stereocenters. The summed E-state index contributed by atoms with van der Waals surface area (Å²) in [4.78, 5) is 12.7. The van der Waals surface area contributed by atoms with Crippen LogP contribution in [-0.4, -0.2) is 19.6 Å². The molecule has 0 saturated heterocycles. The van der Waals surface area contributed by atoms with E-state index in [2.05, 4.69) is 33.8 Å². The molecule has 0 aromatic heterocycles. The summed E-state index contributed by atoms with van der Waals surface area (Å²) in [5, 5.41) is 12.3. The Morgan fingerprint density at radius 2 is 1.85 bits per heavy atom. The molecule has 1 amide bonds. The monoisotopic (exact) mass is 564 g/mol. The van der Waals surface area contributed by atoms with E-state index in [1.165, 1.54) is 13.2 Å². The van der Waals surface area contributed by atoms with Crippen molar-refractivity contribution >= 4 is 40.3 Å². The molecule has 34 heavy (non-hydrogen) atoms. The number of nitriles is 1. The number of terminal acetylenes is 1. The molecule has 3 rings (SSSR count). The van der Waals surface area contributed by atoms with E-state index in [1.807, 2.05) is 36.4 Å². The highest BCUT2D eigenvalue weighted by Gasteiger charge is 2.14. The van der Waals surface area contributed by atoms with E-state index in [0.29, 0.717) is 35.1 Å². The fourth-order valence-electron chi connectivity index (χ4n) is 2.97. The van der Waals surface area contributed by atoms with Gasteiger partial charge in [-0.25, -0.2) is 0 Å². The summed E-state index contributed by atoms with van der Waals surface area (Å²) in [7, 11) is 1.51. The third-order valence-electron chi connectivity index (χ3n) is 4.59. The van der Waals surface area contributed by atoms with Gasteiger partial charge in [0.25, 0.3) is 5.91 Å². The van der Waals surface area contributed by atoms with Gasteiger partial charge in [0.1, 0.15) is 30.6 Å². The van der Waals surface area contributed by atoms with Gasteiger partial charge in [0.2, 0.25) is 0 Å². The number of halogens is 1. The second kappa shape index (κ2) is 12.3. The van der Waals surface area contributed by atoms with Crippen LogP contribution in [0.1, 0.15) is 11.1 Å². The maximum atomic E-state index is 12.7. The lowest BCUT2D eigenvalue weighted by Gasteiger charge is -2.12. The van der Waals surface area contributed by atoms with Crippen LogP contribution >= 0.6 is 22.6 Å². The van der Waals surface area contributed by atoms with Crippen molar-refractivity contribution in [1.82, 2.24) is 0 Å². The van der Waals surface area contributed by atoms with Crippen LogP contribution in [0.2, 0.25) is 0 Å². The Hall–Kier alpha value is -3.95. The van der Waals surface area contributed by atoms with Crippen LogP contribution in [0.5, 0.6) is 17.2 Å². The summed E-state index contributed by atoms with van der Waals surface area (Å²) in [6.45, 7) is 0.548. The second-order valence-electron chi connectivity index (χ2n) is 6.95. The first-order valence-corrected chi connectivity index (χ1v) is 11.3. The quantitative estimate of drug-likeness (QED) is 0.162. The minimum absolute atomic E-state index is 0.0560. The number of hydrogen-bond donors (Lipinski definition) is 1. The third-order valence-corrected chi connectivity index (χ3v) is 5.39. The maximum Gasteiger partial charge on any atom is 0.266 e. The molecule has 0 radical (unpaired) electrons. The molecule has 0 unspecified atom stereocenters. The van der Waals surface area contributed by atoms with Crippen LogP contribution in [0, 0.1) is 27.2 Å². The highest BCUT2D eigenvalue weighted by atomic mass is 127. The minimum atomic E-state index is -0.526. The summed E-state index contributed by atoms with van der Waals surface area (Å²) in [5.74, 6) is 3.52. The Morgan fingerprint density at radius 1 is 1.12 bits per heavy atom. The predicted molar refractivity (Wildman–Crippen MR) is 139 cm³/mol.